The van der Waals surface area contributed by atoms with Gasteiger partial charge in [-0.3, -0.25) is 4.79 Å². The Balaban J connectivity index is 3.71. The third-order valence-electron chi connectivity index (χ3n) is 2.38. The van der Waals surface area contributed by atoms with E-state index in [1.54, 1.807) is 13.8 Å². The van der Waals surface area contributed by atoms with Crippen LogP contribution in [-0.4, -0.2) is 49.8 Å². The topological polar surface area (TPSA) is 87.7 Å². The fourth-order valence-corrected chi connectivity index (χ4v) is 1.28. The summed E-state index contributed by atoms with van der Waals surface area (Å²) in [5.41, 5.74) is 0. The van der Waals surface area contributed by atoms with Crippen molar-refractivity contribution in [3.63, 3.8) is 0 Å². The zero-order valence-electron chi connectivity index (χ0n) is 11.0. The van der Waals surface area contributed by atoms with Crippen LogP contribution in [0.25, 0.3) is 0 Å². The number of ether oxygens (including phenoxy) is 1. The monoisotopic (exact) mass is 282 g/mol. The van der Waals surface area contributed by atoms with Crippen LogP contribution >= 0.6 is 0 Å². The quantitative estimate of drug-likeness (QED) is 0.549. The van der Waals surface area contributed by atoms with Crippen LogP contribution in [0.4, 0.5) is 13.6 Å². The molecule has 0 aliphatic carbocycles. The molecule has 6 nitrogen and oxygen atoms in total. The highest BCUT2D eigenvalue weighted by atomic mass is 19.3. The van der Waals surface area contributed by atoms with E-state index in [2.05, 4.69) is 15.4 Å². The highest BCUT2D eigenvalue weighted by Gasteiger charge is 2.21. The van der Waals surface area contributed by atoms with Crippen molar-refractivity contribution in [2.45, 2.75) is 20.3 Å². The molecule has 0 heterocycles. The third-order valence-corrected chi connectivity index (χ3v) is 2.38. The van der Waals surface area contributed by atoms with Crippen molar-refractivity contribution >= 4 is 12.0 Å². The number of nitrogens with one attached hydrogen (secondary N) is 2. The van der Waals surface area contributed by atoms with E-state index in [9.17, 15) is 18.4 Å². The summed E-state index contributed by atoms with van der Waals surface area (Å²) in [5.74, 6) is -1.75. The minimum absolute atomic E-state index is 0.0106. The van der Waals surface area contributed by atoms with Crippen molar-refractivity contribution in [1.29, 1.82) is 0 Å². The van der Waals surface area contributed by atoms with Gasteiger partial charge in [-0.05, 0) is 5.92 Å². The molecule has 3 N–H and O–H groups in total. The first-order chi connectivity index (χ1) is 8.84. The lowest BCUT2D eigenvalue weighted by atomic mass is 9.96. The molecule has 0 fully saturated rings. The van der Waals surface area contributed by atoms with Gasteiger partial charge in [-0.2, -0.15) is 0 Å². The number of carboxylic acid groups (broad SMARTS) is 1. The molecule has 0 rings (SSSR count). The van der Waals surface area contributed by atoms with Gasteiger partial charge in [0.05, 0.1) is 12.5 Å². The van der Waals surface area contributed by atoms with Crippen LogP contribution in [0, 0.1) is 11.8 Å². The second-order valence-corrected chi connectivity index (χ2v) is 4.29. The van der Waals surface area contributed by atoms with Crippen molar-refractivity contribution in [3.05, 3.63) is 0 Å². The van der Waals surface area contributed by atoms with Gasteiger partial charge in [0.15, 0.2) is 0 Å². The van der Waals surface area contributed by atoms with Gasteiger partial charge in [0, 0.05) is 13.1 Å². The van der Waals surface area contributed by atoms with Crippen molar-refractivity contribution in [2.75, 3.05) is 26.3 Å². The molecule has 0 aromatic heterocycles. The number of alkyl halides is 2. The lowest BCUT2D eigenvalue weighted by Gasteiger charge is -2.16. The Morgan fingerprint density at radius 1 is 1.26 bits per heavy atom. The largest absolute Gasteiger partial charge is 0.481 e. The molecule has 0 saturated carbocycles. The zero-order chi connectivity index (χ0) is 14.8. The summed E-state index contributed by atoms with van der Waals surface area (Å²) in [5, 5.41) is 13.7. The van der Waals surface area contributed by atoms with Gasteiger partial charge in [0.2, 0.25) is 0 Å². The Bertz CT molecular complexity index is 288. The van der Waals surface area contributed by atoms with Crippen molar-refractivity contribution in [1.82, 2.24) is 10.6 Å². The summed E-state index contributed by atoms with van der Waals surface area (Å²) >= 11 is 0. The molecule has 0 aromatic carbocycles. The molecule has 0 saturated heterocycles. The highest BCUT2D eigenvalue weighted by Crippen LogP contribution is 2.09. The normalized spacial score (nSPS) is 12.5. The molecule has 112 valence electrons. The number of hydrogen-bond donors (Lipinski definition) is 3. The number of urea groups is 1. The van der Waals surface area contributed by atoms with Gasteiger partial charge >= 0.3 is 12.0 Å². The summed E-state index contributed by atoms with van der Waals surface area (Å²) in [6, 6.07) is -0.549. The first-order valence-corrected chi connectivity index (χ1v) is 5.95. The van der Waals surface area contributed by atoms with Gasteiger partial charge in [-0.1, -0.05) is 13.8 Å². The van der Waals surface area contributed by atoms with Crippen LogP contribution in [0.5, 0.6) is 0 Å². The number of hydrogen-bond acceptors (Lipinski definition) is 3. The van der Waals surface area contributed by atoms with E-state index in [0.29, 0.717) is 0 Å². The van der Waals surface area contributed by atoms with Crippen LogP contribution in [-0.2, 0) is 9.53 Å². The van der Waals surface area contributed by atoms with E-state index in [1.807, 2.05) is 0 Å². The van der Waals surface area contributed by atoms with Crippen LogP contribution in [0.1, 0.15) is 13.8 Å². The standard InChI is InChI=1S/C11H20F2N2O4/c1-7(2)8(10(16)17)5-15-11(18)14-3-4-19-6-9(12)13/h7-9H,3-6H2,1-2H3,(H,16,17)(H2,14,15,18). The molecule has 2 amide bonds. The first kappa shape index (κ1) is 17.6. The summed E-state index contributed by atoms with van der Waals surface area (Å²) < 4.78 is 28.0. The van der Waals surface area contributed by atoms with E-state index in [1.165, 1.54) is 0 Å². The van der Waals surface area contributed by atoms with Crippen LogP contribution in [0.15, 0.2) is 0 Å². The molecule has 0 aliphatic rings. The van der Waals surface area contributed by atoms with E-state index in [4.69, 9.17) is 5.11 Å². The lowest BCUT2D eigenvalue weighted by molar-refractivity contribution is -0.142. The first-order valence-electron chi connectivity index (χ1n) is 5.95. The molecule has 0 bridgehead atoms. The summed E-state index contributed by atoms with van der Waals surface area (Å²) in [6.45, 7) is 2.89. The minimum Gasteiger partial charge on any atom is -0.481 e. The van der Waals surface area contributed by atoms with Crippen LogP contribution in [0.3, 0.4) is 0 Å². The Morgan fingerprint density at radius 2 is 1.89 bits per heavy atom. The summed E-state index contributed by atoms with van der Waals surface area (Å²) in [6.07, 6.45) is -2.53. The molecule has 0 spiro atoms. The molecule has 0 radical (unpaired) electrons. The van der Waals surface area contributed by atoms with E-state index in [-0.39, 0.29) is 25.6 Å². The number of aliphatic carboxylic acids is 1. The van der Waals surface area contributed by atoms with Crippen LogP contribution < -0.4 is 10.6 Å². The predicted octanol–water partition coefficient (Wildman–Crippen LogP) is 0.924. The second-order valence-electron chi connectivity index (χ2n) is 4.29. The van der Waals surface area contributed by atoms with E-state index in [0.717, 1.165) is 0 Å². The number of rotatable bonds is 9. The van der Waals surface area contributed by atoms with Gasteiger partial charge in [-0.15, -0.1) is 0 Å². The van der Waals surface area contributed by atoms with Crippen molar-refractivity contribution < 1.29 is 28.2 Å². The predicted molar refractivity (Wildman–Crippen MR) is 64.2 cm³/mol. The molecule has 1 atom stereocenters. The average molecular weight is 282 g/mol. The van der Waals surface area contributed by atoms with Gasteiger partial charge in [0.25, 0.3) is 6.43 Å². The zero-order valence-corrected chi connectivity index (χ0v) is 11.0. The number of carbonyl (C=O) groups excluding carboxylic acids is 1. The minimum atomic E-state index is -2.53. The maximum absolute atomic E-state index is 11.7. The SMILES string of the molecule is CC(C)C(CNC(=O)NCCOCC(F)F)C(=O)O. The molecule has 8 heteroatoms. The third kappa shape index (κ3) is 9.18. The summed E-state index contributed by atoms with van der Waals surface area (Å²) in [4.78, 5) is 22.1. The Kier molecular flexibility index (Phi) is 8.77. The molecule has 19 heavy (non-hydrogen) atoms. The van der Waals surface area contributed by atoms with Gasteiger partial charge in [-0.25, -0.2) is 13.6 Å². The lowest BCUT2D eigenvalue weighted by Crippen LogP contribution is -2.42. The number of carbonyl (C=O) groups is 2. The maximum Gasteiger partial charge on any atom is 0.314 e. The molecular formula is C11H20F2N2O4. The van der Waals surface area contributed by atoms with Crippen molar-refractivity contribution in [3.8, 4) is 0 Å². The van der Waals surface area contributed by atoms with Gasteiger partial charge in [0.1, 0.15) is 6.61 Å². The summed E-state index contributed by atoms with van der Waals surface area (Å²) in [7, 11) is 0. The highest BCUT2D eigenvalue weighted by molar-refractivity contribution is 5.75. The molecular weight excluding hydrogens is 262 g/mol. The number of halogens is 2. The fraction of sp³-hybridized carbons (Fsp3) is 0.818. The number of carboxylic acids is 1. The number of amides is 2. The Morgan fingerprint density at radius 3 is 2.37 bits per heavy atom. The maximum atomic E-state index is 11.7. The Labute approximate surface area is 110 Å². The Hall–Kier alpha value is -1.44. The van der Waals surface area contributed by atoms with E-state index >= 15 is 0 Å². The van der Waals surface area contributed by atoms with E-state index < -0.39 is 31.0 Å². The smallest absolute Gasteiger partial charge is 0.314 e. The van der Waals surface area contributed by atoms with Gasteiger partial charge < -0.3 is 20.5 Å². The molecule has 1 unspecified atom stereocenters. The molecule has 0 aromatic rings. The average Bonchev–Trinajstić information content (AvgIpc) is 2.27. The molecule has 0 aliphatic heterocycles. The fourth-order valence-electron chi connectivity index (χ4n) is 1.28. The second kappa shape index (κ2) is 9.48. The van der Waals surface area contributed by atoms with Crippen molar-refractivity contribution in [2.24, 2.45) is 11.8 Å². The van der Waals surface area contributed by atoms with Crippen LogP contribution in [0.2, 0.25) is 0 Å².